The Morgan fingerprint density at radius 2 is 1.86 bits per heavy atom. The van der Waals surface area contributed by atoms with Gasteiger partial charge in [0.05, 0.1) is 0 Å². The first-order valence-corrected chi connectivity index (χ1v) is 7.18. The Labute approximate surface area is 122 Å². The second-order valence-corrected chi connectivity index (χ2v) is 5.31. The van der Waals surface area contributed by atoms with Crippen LogP contribution in [-0.2, 0) is 0 Å². The average Bonchev–Trinajstić information content (AvgIpc) is 3.17. The van der Waals surface area contributed by atoms with Crippen molar-refractivity contribution in [2.24, 2.45) is 0 Å². The molecule has 2 aromatic rings. The van der Waals surface area contributed by atoms with E-state index in [-0.39, 0.29) is 12.6 Å². The minimum absolute atomic E-state index is 0.223. The third-order valence-electron chi connectivity index (χ3n) is 4.03. The predicted octanol–water partition coefficient (Wildman–Crippen LogP) is 3.62. The molecular weight excluding hydrogens is 269 g/mol. The number of hydrogen-bond donors (Lipinski definition) is 0. The van der Waals surface area contributed by atoms with Crippen LogP contribution >= 0.6 is 0 Å². The molecule has 4 heteroatoms. The van der Waals surface area contributed by atoms with Crippen LogP contribution in [-0.4, -0.2) is 19.9 Å². The van der Waals surface area contributed by atoms with Crippen molar-refractivity contribution in [2.45, 2.75) is 12.8 Å². The van der Waals surface area contributed by atoms with Crippen LogP contribution < -0.4 is 14.4 Å². The molecular formula is C17H15FNO2. The Kier molecular flexibility index (Phi) is 2.95. The van der Waals surface area contributed by atoms with Crippen LogP contribution in [0.5, 0.6) is 11.5 Å². The first kappa shape index (κ1) is 12.5. The van der Waals surface area contributed by atoms with Gasteiger partial charge in [0.2, 0.25) is 6.79 Å². The zero-order valence-electron chi connectivity index (χ0n) is 11.6. The lowest BCUT2D eigenvalue weighted by Crippen LogP contribution is -2.18. The largest absolute Gasteiger partial charge is 0.454 e. The van der Waals surface area contributed by atoms with Crippen LogP contribution in [0, 0.1) is 11.9 Å². The predicted molar refractivity (Wildman–Crippen MR) is 78.2 cm³/mol. The first-order valence-electron chi connectivity index (χ1n) is 7.18. The van der Waals surface area contributed by atoms with Gasteiger partial charge in [0.25, 0.3) is 0 Å². The van der Waals surface area contributed by atoms with Crippen LogP contribution in [0.25, 0.3) is 11.1 Å². The van der Waals surface area contributed by atoms with E-state index in [1.54, 1.807) is 6.07 Å². The highest BCUT2D eigenvalue weighted by atomic mass is 19.1. The molecule has 2 aromatic carbocycles. The standard InChI is InChI=1S/C17H15FNO2/c18-13-4-3-5-14(19-8-1-2-9-19)17(13)12-6-7-15-16(10-12)21-11-20-15/h3,5-7,10H,1-2,8-9,11H2. The van der Waals surface area contributed by atoms with Crippen molar-refractivity contribution in [2.75, 3.05) is 24.8 Å². The minimum atomic E-state index is -0.321. The van der Waals surface area contributed by atoms with Crippen LogP contribution in [0.3, 0.4) is 0 Å². The molecule has 2 heterocycles. The van der Waals surface area contributed by atoms with E-state index in [9.17, 15) is 4.39 Å². The molecule has 3 nitrogen and oxygen atoms in total. The molecule has 0 aromatic heterocycles. The zero-order valence-corrected chi connectivity index (χ0v) is 11.6. The van der Waals surface area contributed by atoms with Crippen molar-refractivity contribution >= 4 is 5.69 Å². The summed E-state index contributed by atoms with van der Waals surface area (Å²) >= 11 is 0. The van der Waals surface area contributed by atoms with Crippen molar-refractivity contribution in [3.05, 3.63) is 42.2 Å². The van der Waals surface area contributed by atoms with Crippen molar-refractivity contribution < 1.29 is 13.9 Å². The number of nitrogens with zero attached hydrogens (tertiary/aromatic N) is 1. The van der Waals surface area contributed by atoms with Gasteiger partial charge in [0.1, 0.15) is 5.82 Å². The van der Waals surface area contributed by atoms with E-state index in [1.807, 2.05) is 24.3 Å². The fourth-order valence-corrected chi connectivity index (χ4v) is 3.01. The quantitative estimate of drug-likeness (QED) is 0.840. The summed E-state index contributed by atoms with van der Waals surface area (Å²) in [5, 5.41) is 0. The van der Waals surface area contributed by atoms with E-state index in [0.717, 1.165) is 37.2 Å². The molecule has 0 atom stereocenters. The summed E-state index contributed by atoms with van der Waals surface area (Å²) in [6.07, 6.45) is 2.31. The van der Waals surface area contributed by atoms with Gasteiger partial charge < -0.3 is 14.4 Å². The fourth-order valence-electron chi connectivity index (χ4n) is 3.01. The number of fused-ring (bicyclic) bond motifs is 1. The number of anilines is 1. The lowest BCUT2D eigenvalue weighted by Gasteiger charge is -2.22. The van der Waals surface area contributed by atoms with Crippen LogP contribution in [0.1, 0.15) is 12.8 Å². The fraction of sp³-hybridized carbons (Fsp3) is 0.294. The second kappa shape index (κ2) is 4.95. The molecule has 0 aliphatic carbocycles. The summed E-state index contributed by atoms with van der Waals surface area (Å²) in [7, 11) is 0. The highest BCUT2D eigenvalue weighted by Crippen LogP contribution is 2.40. The Hall–Kier alpha value is -2.23. The van der Waals surface area contributed by atoms with Gasteiger partial charge in [0, 0.05) is 30.4 Å². The van der Waals surface area contributed by atoms with Gasteiger partial charge in [-0.3, -0.25) is 0 Å². The van der Waals surface area contributed by atoms with Crippen molar-refractivity contribution in [3.63, 3.8) is 0 Å². The first-order chi connectivity index (χ1) is 10.3. The smallest absolute Gasteiger partial charge is 0.231 e. The monoisotopic (exact) mass is 284 g/mol. The maximum atomic E-state index is 14.4. The summed E-state index contributed by atoms with van der Waals surface area (Å²) in [6.45, 7) is 2.17. The van der Waals surface area contributed by atoms with Gasteiger partial charge in [-0.15, -0.1) is 0 Å². The molecule has 2 aliphatic rings. The number of benzene rings is 2. The molecule has 4 rings (SSSR count). The number of ether oxygens (including phenoxy) is 2. The molecule has 21 heavy (non-hydrogen) atoms. The Bertz CT molecular complexity index is 680. The van der Waals surface area contributed by atoms with Gasteiger partial charge in [-0.2, -0.15) is 0 Å². The SMILES string of the molecule is Fc1[c]ccc(N2CCCC2)c1-c1ccc2c(c1)OCO2. The Balaban J connectivity index is 1.83. The van der Waals surface area contributed by atoms with Crippen molar-refractivity contribution in [1.29, 1.82) is 0 Å². The molecule has 1 radical (unpaired) electrons. The van der Waals surface area contributed by atoms with E-state index in [1.165, 1.54) is 0 Å². The maximum Gasteiger partial charge on any atom is 0.231 e. The molecule has 0 bridgehead atoms. The topological polar surface area (TPSA) is 21.7 Å². The van der Waals surface area contributed by atoms with Gasteiger partial charge >= 0.3 is 0 Å². The summed E-state index contributed by atoms with van der Waals surface area (Å²) in [6, 6.07) is 11.8. The Morgan fingerprint density at radius 3 is 2.71 bits per heavy atom. The Morgan fingerprint density at radius 1 is 1.05 bits per heavy atom. The van der Waals surface area contributed by atoms with E-state index in [0.29, 0.717) is 17.1 Å². The van der Waals surface area contributed by atoms with Gasteiger partial charge in [-0.1, -0.05) is 6.07 Å². The molecule has 0 N–H and O–H groups in total. The summed E-state index contributed by atoms with van der Waals surface area (Å²) in [4.78, 5) is 2.23. The third-order valence-corrected chi connectivity index (χ3v) is 4.03. The second-order valence-electron chi connectivity index (χ2n) is 5.31. The minimum Gasteiger partial charge on any atom is -0.454 e. The summed E-state index contributed by atoms with van der Waals surface area (Å²) in [5.74, 6) is 1.06. The van der Waals surface area contributed by atoms with Crippen molar-refractivity contribution in [3.8, 4) is 22.6 Å². The van der Waals surface area contributed by atoms with E-state index in [2.05, 4.69) is 11.0 Å². The highest BCUT2D eigenvalue weighted by Gasteiger charge is 2.21. The molecule has 107 valence electrons. The molecule has 1 saturated heterocycles. The molecule has 0 spiro atoms. The van der Waals surface area contributed by atoms with E-state index >= 15 is 0 Å². The summed E-state index contributed by atoms with van der Waals surface area (Å²) in [5.41, 5.74) is 2.33. The average molecular weight is 284 g/mol. The third kappa shape index (κ3) is 2.11. The molecule has 0 unspecified atom stereocenters. The van der Waals surface area contributed by atoms with Gasteiger partial charge in [0.15, 0.2) is 11.5 Å². The lowest BCUT2D eigenvalue weighted by atomic mass is 10.0. The van der Waals surface area contributed by atoms with Crippen LogP contribution in [0.15, 0.2) is 30.3 Å². The van der Waals surface area contributed by atoms with Crippen LogP contribution in [0.4, 0.5) is 10.1 Å². The molecule has 1 fully saturated rings. The molecule has 0 saturated carbocycles. The van der Waals surface area contributed by atoms with E-state index < -0.39 is 0 Å². The number of hydrogen-bond acceptors (Lipinski definition) is 3. The number of rotatable bonds is 2. The molecule has 0 amide bonds. The molecule has 2 aliphatic heterocycles. The maximum absolute atomic E-state index is 14.4. The van der Waals surface area contributed by atoms with Gasteiger partial charge in [-0.25, -0.2) is 4.39 Å². The van der Waals surface area contributed by atoms with Crippen LogP contribution in [0.2, 0.25) is 0 Å². The zero-order chi connectivity index (χ0) is 14.2. The number of halogens is 1. The van der Waals surface area contributed by atoms with Crippen molar-refractivity contribution in [1.82, 2.24) is 0 Å². The lowest BCUT2D eigenvalue weighted by molar-refractivity contribution is 0.174. The highest BCUT2D eigenvalue weighted by molar-refractivity contribution is 5.80. The normalized spacial score (nSPS) is 16.5. The summed E-state index contributed by atoms with van der Waals surface area (Å²) < 4.78 is 25.1. The van der Waals surface area contributed by atoms with Gasteiger partial charge in [-0.05, 0) is 42.7 Å². The van der Waals surface area contributed by atoms with E-state index in [4.69, 9.17) is 9.47 Å².